The Bertz CT molecular complexity index is 708. The number of ketones is 2. The minimum absolute atomic E-state index is 0.0924. The molecule has 0 fully saturated rings. The Morgan fingerprint density at radius 2 is 1.00 bits per heavy atom. The Labute approximate surface area is 139 Å². The van der Waals surface area contributed by atoms with Crippen molar-refractivity contribution in [2.24, 2.45) is 0 Å². The summed E-state index contributed by atoms with van der Waals surface area (Å²) in [5, 5.41) is 0. The van der Waals surface area contributed by atoms with Crippen LogP contribution in [-0.2, 0) is 8.26 Å². The molecule has 0 amide bonds. The largest absolute Gasteiger partial charge is 0.373 e. The van der Waals surface area contributed by atoms with E-state index in [2.05, 4.69) is 21.4 Å². The number of benzene rings is 1. The van der Waals surface area contributed by atoms with Gasteiger partial charge in [0.15, 0.2) is 11.6 Å². The number of fused-ring (bicyclic) bond motifs is 1. The molecule has 0 radical (unpaired) electrons. The highest BCUT2D eigenvalue weighted by Crippen LogP contribution is 2.15. The van der Waals surface area contributed by atoms with E-state index in [4.69, 9.17) is 30.5 Å². The van der Waals surface area contributed by atoms with Gasteiger partial charge >= 0.3 is 8.26 Å². The molecule has 1 aromatic carbocycles. The summed E-state index contributed by atoms with van der Waals surface area (Å²) in [6.45, 7) is 0. The van der Waals surface area contributed by atoms with Gasteiger partial charge in [-0.3, -0.25) is 19.4 Å². The average molecular weight is 377 g/mol. The van der Waals surface area contributed by atoms with Crippen molar-refractivity contribution in [1.29, 1.82) is 0 Å². The van der Waals surface area contributed by atoms with E-state index in [1.165, 1.54) is 22.0 Å². The predicted octanol–water partition coefficient (Wildman–Crippen LogP) is 4.06. The van der Waals surface area contributed by atoms with Crippen LogP contribution >= 0.6 is 21.4 Å². The van der Waals surface area contributed by atoms with Crippen LogP contribution in [0.3, 0.4) is 0 Å². The quantitative estimate of drug-likeness (QED) is 0.285. The van der Waals surface area contributed by atoms with Crippen molar-refractivity contribution in [1.82, 2.24) is 0 Å². The van der Waals surface area contributed by atoms with E-state index in [1.807, 2.05) is 0 Å². The number of carbonyl (C=O) groups is 2. The molecule has 0 atom stereocenters. The smallest absolute Gasteiger partial charge is 0.317 e. The second-order valence-corrected chi connectivity index (χ2v) is 6.83. The van der Waals surface area contributed by atoms with Gasteiger partial charge in [-0.1, -0.05) is 24.3 Å². The molecule has 0 spiro atoms. The molecule has 122 valence electrons. The van der Waals surface area contributed by atoms with Gasteiger partial charge in [0.05, 0.1) is 0 Å². The average Bonchev–Trinajstić information content (AvgIpc) is 2.43. The predicted molar refractivity (Wildman–Crippen MR) is 85.0 cm³/mol. The van der Waals surface area contributed by atoms with E-state index in [0.29, 0.717) is 11.1 Å². The van der Waals surface area contributed by atoms with Crippen LogP contribution in [0.1, 0.15) is 20.7 Å². The summed E-state index contributed by atoms with van der Waals surface area (Å²) in [6, 6.07) is 6.84. The van der Waals surface area contributed by atoms with Gasteiger partial charge in [0, 0.05) is 32.5 Å². The summed E-state index contributed by atoms with van der Waals surface area (Å²) >= 11 is 0. The molecule has 13 heteroatoms. The molecule has 1 aliphatic carbocycles. The summed E-state index contributed by atoms with van der Waals surface area (Å²) in [4.78, 5) is 25.4. The van der Waals surface area contributed by atoms with Crippen LogP contribution in [0.2, 0.25) is 0 Å². The number of halogens is 2. The molecule has 0 heterocycles. The van der Waals surface area contributed by atoms with Crippen molar-refractivity contribution in [2.45, 2.75) is 0 Å². The number of hydrogen-bond acceptors (Lipinski definition) is 4. The molecule has 0 saturated carbocycles. The monoisotopic (exact) mass is 376 g/mol. The minimum atomic E-state index is -3.72. The zero-order chi connectivity index (χ0) is 18.5. The minimum Gasteiger partial charge on any atom is -0.373 e. The van der Waals surface area contributed by atoms with Crippen LogP contribution in [0.25, 0.3) is 31.9 Å². The van der Waals surface area contributed by atoms with Crippen molar-refractivity contribution in [2.75, 3.05) is 0 Å². The Balaban J connectivity index is 0. The van der Waals surface area contributed by atoms with Crippen molar-refractivity contribution in [3.05, 3.63) is 79.5 Å². The molecule has 0 aromatic heterocycles. The van der Waals surface area contributed by atoms with Gasteiger partial charge in [0.25, 0.3) is 0 Å². The highest BCUT2D eigenvalue weighted by molar-refractivity contribution is 8.31. The maximum atomic E-state index is 11.2. The summed E-state index contributed by atoms with van der Waals surface area (Å²) in [5.41, 5.74) is 28.0. The van der Waals surface area contributed by atoms with Gasteiger partial charge in [-0.05, 0) is 12.2 Å². The summed E-state index contributed by atoms with van der Waals surface area (Å²) in [6.07, 6.45) is 2.62. The lowest BCUT2D eigenvalue weighted by Crippen LogP contribution is -2.10. The lowest BCUT2D eigenvalue weighted by Gasteiger charge is -2.06. The number of rotatable bonds is 0. The van der Waals surface area contributed by atoms with Gasteiger partial charge in [0.1, 0.15) is 0 Å². The van der Waals surface area contributed by atoms with Crippen molar-refractivity contribution >= 4 is 41.2 Å². The lowest BCUT2D eigenvalue weighted by atomic mass is 9.95. The number of carbonyl (C=O) groups excluding carboxylic acids is 2. The van der Waals surface area contributed by atoms with Crippen LogP contribution in [0.5, 0.6) is 0 Å². The highest BCUT2D eigenvalue weighted by atomic mass is 36.0. The maximum absolute atomic E-state index is 11.2. The molecule has 0 unspecified atom stereocenters. The number of hydrogen-bond donors (Lipinski definition) is 0. The van der Waals surface area contributed by atoms with E-state index >= 15 is 0 Å². The van der Waals surface area contributed by atoms with Crippen LogP contribution < -0.4 is 0 Å². The molecular formula is C10H6Cl2N6O4S-2. The van der Waals surface area contributed by atoms with Crippen LogP contribution in [0, 0.1) is 0 Å². The Morgan fingerprint density at radius 1 is 0.783 bits per heavy atom. The Morgan fingerprint density at radius 3 is 1.22 bits per heavy atom. The van der Waals surface area contributed by atoms with Crippen molar-refractivity contribution < 1.29 is 18.0 Å². The highest BCUT2D eigenvalue weighted by Gasteiger charge is 2.16. The molecule has 0 N–H and O–H groups in total. The van der Waals surface area contributed by atoms with E-state index in [9.17, 15) is 9.59 Å². The Kier molecular flexibility index (Phi) is 11.9. The van der Waals surface area contributed by atoms with Crippen molar-refractivity contribution in [3.8, 4) is 0 Å². The fourth-order valence-corrected chi connectivity index (χ4v) is 1.24. The molecule has 10 nitrogen and oxygen atoms in total. The summed E-state index contributed by atoms with van der Waals surface area (Å²) in [5.74, 6) is -0.185. The van der Waals surface area contributed by atoms with Gasteiger partial charge in [-0.2, -0.15) is 8.42 Å². The first kappa shape index (κ1) is 22.7. The maximum Gasteiger partial charge on any atom is 0.317 e. The molecule has 0 saturated heterocycles. The molecule has 0 bridgehead atoms. The van der Waals surface area contributed by atoms with E-state index in [0.717, 1.165) is 0 Å². The second kappa shape index (κ2) is 12.0. The Hall–Kier alpha value is -2.55. The molecule has 2 rings (SSSR count). The first-order valence-corrected chi connectivity index (χ1v) is 8.22. The molecular weight excluding hydrogens is 371 g/mol. The summed E-state index contributed by atoms with van der Waals surface area (Å²) in [7, 11) is 4.81. The van der Waals surface area contributed by atoms with E-state index < -0.39 is 8.26 Å². The number of nitrogens with zero attached hydrogens (tertiary/aromatic N) is 6. The van der Waals surface area contributed by atoms with Crippen LogP contribution in [-0.4, -0.2) is 20.0 Å². The van der Waals surface area contributed by atoms with Gasteiger partial charge in [-0.25, -0.2) is 0 Å². The van der Waals surface area contributed by atoms with E-state index in [-0.39, 0.29) is 11.6 Å². The van der Waals surface area contributed by atoms with Crippen LogP contribution in [0.4, 0.5) is 0 Å². The summed E-state index contributed by atoms with van der Waals surface area (Å²) < 4.78 is 18.3. The molecule has 1 aliphatic rings. The fraction of sp³-hybridized carbons (Fsp3) is 0. The SMILES string of the molecule is O=C1C=CC(=O)c2ccccc21.O=S(=O)(Cl)Cl.[N-]=[N+]=[N-].[N-]=[N+]=[N-]. The zero-order valence-electron chi connectivity index (χ0n) is 10.9. The molecule has 23 heavy (non-hydrogen) atoms. The first-order chi connectivity index (χ1) is 10.6. The molecule has 1 aromatic rings. The van der Waals surface area contributed by atoms with E-state index in [1.54, 1.807) is 24.3 Å². The third kappa shape index (κ3) is 12.9. The third-order valence-electron chi connectivity index (χ3n) is 1.84. The molecule has 0 aliphatic heterocycles. The zero-order valence-corrected chi connectivity index (χ0v) is 13.3. The topological polar surface area (TPSA) is 186 Å². The first-order valence-electron chi connectivity index (χ1n) is 5.09. The van der Waals surface area contributed by atoms with Gasteiger partial charge < -0.3 is 22.1 Å². The van der Waals surface area contributed by atoms with Crippen LogP contribution in [0.15, 0.2) is 36.4 Å². The van der Waals surface area contributed by atoms with Gasteiger partial charge in [-0.15, -0.1) is 0 Å². The normalized spacial score (nSPS) is 10.9. The standard InChI is InChI=1S/C10H6O2.Cl2O2S.2N3/c11-9-5-6-10(12)8-4-2-1-3-7(8)9;1-5(2,3)4;2*1-3-2/h1-6H;;;/q;;2*-1. The second-order valence-electron chi connectivity index (χ2n) is 3.16. The lowest BCUT2D eigenvalue weighted by molar-refractivity contribution is 0.0994. The number of allylic oxidation sites excluding steroid dienone is 2. The third-order valence-corrected chi connectivity index (χ3v) is 1.84. The fourth-order valence-electron chi connectivity index (χ4n) is 1.24. The van der Waals surface area contributed by atoms with Crippen molar-refractivity contribution in [3.63, 3.8) is 0 Å². The van der Waals surface area contributed by atoms with Gasteiger partial charge in [0.2, 0.25) is 0 Å².